The van der Waals surface area contributed by atoms with E-state index < -0.39 is 0 Å². The third-order valence-corrected chi connectivity index (χ3v) is 5.59. The molecule has 2 atom stereocenters. The maximum absolute atomic E-state index is 6.20. The molecule has 140 valence electrons. The topological polar surface area (TPSA) is 30.7 Å². The molecule has 0 amide bonds. The Morgan fingerprint density at radius 2 is 2.15 bits per heavy atom. The SMILES string of the molecule is C=C\C=C/C(=C/C(=C\C)C1CCC(n2ccc3c(Cl)ncnc32)C1)C(=C)C. The Bertz CT molecular complexity index is 946. The van der Waals surface area contributed by atoms with E-state index in [9.17, 15) is 0 Å². The van der Waals surface area contributed by atoms with Crippen LogP contribution in [0, 0.1) is 5.92 Å². The van der Waals surface area contributed by atoms with Gasteiger partial charge in [0.2, 0.25) is 0 Å². The van der Waals surface area contributed by atoms with Crippen molar-refractivity contribution in [1.82, 2.24) is 14.5 Å². The monoisotopic (exact) mass is 379 g/mol. The summed E-state index contributed by atoms with van der Waals surface area (Å²) >= 11 is 6.20. The lowest BCUT2D eigenvalue weighted by Gasteiger charge is -2.16. The van der Waals surface area contributed by atoms with Gasteiger partial charge in [0.05, 0.1) is 5.39 Å². The lowest BCUT2D eigenvalue weighted by atomic mass is 9.93. The second kappa shape index (κ2) is 8.53. The normalized spacial score (nSPS) is 21.3. The van der Waals surface area contributed by atoms with Crippen LogP contribution in [0.3, 0.4) is 0 Å². The van der Waals surface area contributed by atoms with Gasteiger partial charge < -0.3 is 4.57 Å². The lowest BCUT2D eigenvalue weighted by molar-refractivity contribution is 0.514. The van der Waals surface area contributed by atoms with Gasteiger partial charge in [-0.15, -0.1) is 0 Å². The molecular weight excluding hydrogens is 354 g/mol. The fraction of sp³-hybridized carbons (Fsp3) is 0.304. The third-order valence-electron chi connectivity index (χ3n) is 5.29. The maximum Gasteiger partial charge on any atom is 0.145 e. The zero-order valence-corrected chi connectivity index (χ0v) is 16.8. The van der Waals surface area contributed by atoms with Crippen LogP contribution in [-0.4, -0.2) is 14.5 Å². The Hall–Kier alpha value is -2.39. The van der Waals surface area contributed by atoms with E-state index in [1.807, 2.05) is 19.1 Å². The van der Waals surface area contributed by atoms with Crippen LogP contribution >= 0.6 is 11.6 Å². The molecule has 1 aliphatic rings. The Morgan fingerprint density at radius 1 is 1.33 bits per heavy atom. The van der Waals surface area contributed by atoms with Gasteiger partial charge in [-0.2, -0.15) is 0 Å². The molecule has 0 aromatic carbocycles. The smallest absolute Gasteiger partial charge is 0.145 e. The summed E-state index contributed by atoms with van der Waals surface area (Å²) in [7, 11) is 0. The number of rotatable bonds is 6. The summed E-state index contributed by atoms with van der Waals surface area (Å²) in [5, 5.41) is 1.44. The zero-order valence-electron chi connectivity index (χ0n) is 16.0. The van der Waals surface area contributed by atoms with Crippen LogP contribution in [0.2, 0.25) is 5.15 Å². The number of halogens is 1. The molecule has 0 N–H and O–H groups in total. The van der Waals surface area contributed by atoms with Crippen LogP contribution in [0.4, 0.5) is 0 Å². The van der Waals surface area contributed by atoms with Gasteiger partial charge in [0.25, 0.3) is 0 Å². The number of hydrogen-bond donors (Lipinski definition) is 0. The molecule has 2 unspecified atom stereocenters. The van der Waals surface area contributed by atoms with Crippen LogP contribution in [0.15, 0.2) is 78.8 Å². The third kappa shape index (κ3) is 4.14. The Labute approximate surface area is 166 Å². The van der Waals surface area contributed by atoms with Crippen molar-refractivity contribution in [2.75, 3.05) is 0 Å². The van der Waals surface area contributed by atoms with Crippen molar-refractivity contribution in [3.05, 3.63) is 84.0 Å². The average molecular weight is 380 g/mol. The molecular formula is C23H26ClN3. The quantitative estimate of drug-likeness (QED) is 0.417. The van der Waals surface area contributed by atoms with Crippen molar-refractivity contribution in [2.45, 2.75) is 39.2 Å². The molecule has 3 rings (SSSR count). The highest BCUT2D eigenvalue weighted by Crippen LogP contribution is 2.41. The molecule has 3 nitrogen and oxygen atoms in total. The van der Waals surface area contributed by atoms with Gasteiger partial charge in [-0.25, -0.2) is 9.97 Å². The molecule has 1 fully saturated rings. The molecule has 1 saturated carbocycles. The number of nitrogens with zero attached hydrogens (tertiary/aromatic N) is 3. The molecule has 0 radical (unpaired) electrons. The highest BCUT2D eigenvalue weighted by atomic mass is 35.5. The average Bonchev–Trinajstić information content (AvgIpc) is 3.29. The Balaban J connectivity index is 1.83. The van der Waals surface area contributed by atoms with Crippen LogP contribution in [0.5, 0.6) is 0 Å². The van der Waals surface area contributed by atoms with Crippen molar-refractivity contribution in [2.24, 2.45) is 5.92 Å². The highest BCUT2D eigenvalue weighted by Gasteiger charge is 2.28. The van der Waals surface area contributed by atoms with Gasteiger partial charge in [0.15, 0.2) is 0 Å². The summed E-state index contributed by atoms with van der Waals surface area (Å²) in [6, 6.07) is 2.44. The van der Waals surface area contributed by atoms with Crippen LogP contribution < -0.4 is 0 Å². The van der Waals surface area contributed by atoms with Gasteiger partial charge in [-0.1, -0.05) is 60.7 Å². The van der Waals surface area contributed by atoms with E-state index in [0.29, 0.717) is 17.1 Å². The molecule has 27 heavy (non-hydrogen) atoms. The van der Waals surface area contributed by atoms with Gasteiger partial charge in [-0.05, 0) is 56.2 Å². The number of aromatic nitrogens is 3. The van der Waals surface area contributed by atoms with E-state index in [1.54, 1.807) is 12.4 Å². The minimum absolute atomic E-state index is 0.429. The summed E-state index contributed by atoms with van der Waals surface area (Å²) in [5.74, 6) is 0.529. The fourth-order valence-electron chi connectivity index (χ4n) is 3.85. The molecule has 1 aliphatic carbocycles. The van der Waals surface area contributed by atoms with Gasteiger partial charge >= 0.3 is 0 Å². The molecule has 2 aromatic heterocycles. The molecule has 0 spiro atoms. The number of allylic oxidation sites excluding steroid dienone is 8. The first-order valence-electron chi connectivity index (χ1n) is 9.35. The summed E-state index contributed by atoms with van der Waals surface area (Å²) in [4.78, 5) is 8.53. The van der Waals surface area contributed by atoms with Gasteiger partial charge in [0.1, 0.15) is 17.1 Å². The standard InChI is InChI=1S/C23H26ClN3/c1-5-7-8-18(16(3)4)13-17(6-2)19-9-10-20(14-19)27-12-11-21-22(24)25-15-26-23(21)27/h5-8,11-13,15,19-20H,1,3,9-10,14H2,2,4H3/b8-7-,17-6+,18-13-. The molecule has 0 bridgehead atoms. The Morgan fingerprint density at radius 3 is 2.85 bits per heavy atom. The summed E-state index contributed by atoms with van der Waals surface area (Å²) in [6.45, 7) is 12.0. The van der Waals surface area contributed by atoms with Crippen molar-refractivity contribution in [1.29, 1.82) is 0 Å². The first-order chi connectivity index (χ1) is 13.0. The minimum atomic E-state index is 0.429. The van der Waals surface area contributed by atoms with Crippen LogP contribution in [0.1, 0.15) is 39.2 Å². The number of fused-ring (bicyclic) bond motifs is 1. The lowest BCUT2D eigenvalue weighted by Crippen LogP contribution is -2.06. The van der Waals surface area contributed by atoms with Crippen molar-refractivity contribution < 1.29 is 0 Å². The second-order valence-electron chi connectivity index (χ2n) is 7.05. The van der Waals surface area contributed by atoms with Gasteiger partial charge in [-0.3, -0.25) is 0 Å². The summed E-state index contributed by atoms with van der Waals surface area (Å²) < 4.78 is 2.26. The molecule has 2 aromatic rings. The van der Waals surface area contributed by atoms with Crippen molar-refractivity contribution in [3.8, 4) is 0 Å². The first-order valence-corrected chi connectivity index (χ1v) is 9.72. The van der Waals surface area contributed by atoms with Crippen LogP contribution in [-0.2, 0) is 0 Å². The second-order valence-corrected chi connectivity index (χ2v) is 7.41. The summed E-state index contributed by atoms with van der Waals surface area (Å²) in [5.41, 5.74) is 4.50. The molecule has 0 saturated heterocycles. The number of hydrogen-bond acceptors (Lipinski definition) is 2. The summed E-state index contributed by atoms with van der Waals surface area (Å²) in [6.07, 6.45) is 17.3. The largest absolute Gasteiger partial charge is 0.329 e. The predicted octanol–water partition coefficient (Wildman–Crippen LogP) is 6.62. The first kappa shape index (κ1) is 19.4. The van der Waals surface area contributed by atoms with Crippen molar-refractivity contribution in [3.63, 3.8) is 0 Å². The van der Waals surface area contributed by atoms with E-state index in [-0.39, 0.29) is 0 Å². The fourth-order valence-corrected chi connectivity index (χ4v) is 4.04. The molecule has 2 heterocycles. The van der Waals surface area contributed by atoms with E-state index in [2.05, 4.69) is 59.0 Å². The Kier molecular flexibility index (Phi) is 6.12. The minimum Gasteiger partial charge on any atom is -0.329 e. The van der Waals surface area contributed by atoms with E-state index >= 15 is 0 Å². The highest BCUT2D eigenvalue weighted by molar-refractivity contribution is 6.33. The van der Waals surface area contributed by atoms with Crippen molar-refractivity contribution >= 4 is 22.6 Å². The van der Waals surface area contributed by atoms with Crippen LogP contribution in [0.25, 0.3) is 11.0 Å². The van der Waals surface area contributed by atoms with E-state index in [0.717, 1.165) is 41.4 Å². The van der Waals surface area contributed by atoms with E-state index in [1.165, 1.54) is 5.57 Å². The van der Waals surface area contributed by atoms with Gasteiger partial charge in [0, 0.05) is 12.2 Å². The maximum atomic E-state index is 6.20. The molecule has 0 aliphatic heterocycles. The molecule has 4 heteroatoms. The van der Waals surface area contributed by atoms with E-state index in [4.69, 9.17) is 11.6 Å². The predicted molar refractivity (Wildman–Crippen MR) is 115 cm³/mol. The zero-order chi connectivity index (χ0) is 19.4.